The fraction of sp³-hybridized carbons (Fsp3) is 0.333. The quantitative estimate of drug-likeness (QED) is 0.412. The van der Waals surface area contributed by atoms with Crippen molar-refractivity contribution in [1.82, 2.24) is 34.0 Å². The largest absolute Gasteiger partial charge is 0.316 e. The van der Waals surface area contributed by atoms with Gasteiger partial charge in [-0.15, -0.1) is 0 Å². The Kier molecular flexibility index (Phi) is 4.12. The second-order valence-corrected chi connectivity index (χ2v) is 9.44. The van der Waals surface area contributed by atoms with Crippen LogP contribution in [0.4, 0.5) is 13.2 Å². The van der Waals surface area contributed by atoms with Crippen molar-refractivity contribution < 1.29 is 13.2 Å². The third kappa shape index (κ3) is 2.99. The molecule has 0 N–H and O–H groups in total. The average Bonchev–Trinajstić information content (AvgIpc) is 3.41. The van der Waals surface area contributed by atoms with Crippen molar-refractivity contribution in [3.8, 4) is 0 Å². The first-order valence-electron chi connectivity index (χ1n) is 10.1. The molecular weight excluding hydrogens is 439 g/mol. The summed E-state index contributed by atoms with van der Waals surface area (Å²) in [5.74, 6) is -2.97. The monoisotopic (exact) mass is 457 g/mol. The van der Waals surface area contributed by atoms with E-state index in [2.05, 4.69) is 20.1 Å². The summed E-state index contributed by atoms with van der Waals surface area (Å²) in [7, 11) is 1.67. The van der Waals surface area contributed by atoms with E-state index in [9.17, 15) is 4.39 Å². The van der Waals surface area contributed by atoms with E-state index in [1.165, 1.54) is 23.5 Å². The van der Waals surface area contributed by atoms with Gasteiger partial charge in [0.1, 0.15) is 28.2 Å². The SMILES string of the molecule is Cc1nn2cc(Cc3nc4cnc5ccc(F)cc5c4n3C3CN(C)CC3(F)F)nc2s1. The first-order valence-corrected chi connectivity index (χ1v) is 10.9. The molecule has 0 saturated carbocycles. The summed E-state index contributed by atoms with van der Waals surface area (Å²) in [6, 6.07) is 3.07. The first kappa shape index (κ1) is 19.6. The van der Waals surface area contributed by atoms with Gasteiger partial charge in [-0.25, -0.2) is 27.7 Å². The highest BCUT2D eigenvalue weighted by Gasteiger charge is 2.49. The van der Waals surface area contributed by atoms with E-state index in [0.717, 1.165) is 9.97 Å². The Bertz CT molecular complexity index is 1470. The summed E-state index contributed by atoms with van der Waals surface area (Å²) in [4.78, 5) is 15.9. The molecule has 1 aliphatic heterocycles. The smallest absolute Gasteiger partial charge is 0.282 e. The Morgan fingerprint density at radius 1 is 1.22 bits per heavy atom. The van der Waals surface area contributed by atoms with Crippen molar-refractivity contribution in [2.75, 3.05) is 20.1 Å². The Morgan fingerprint density at radius 3 is 2.81 bits per heavy atom. The van der Waals surface area contributed by atoms with Crippen molar-refractivity contribution in [2.45, 2.75) is 25.3 Å². The number of alkyl halides is 2. The van der Waals surface area contributed by atoms with Crippen LogP contribution in [0.15, 0.2) is 30.6 Å². The number of nitrogens with zero attached hydrogens (tertiary/aromatic N) is 7. The zero-order chi connectivity index (χ0) is 22.2. The molecule has 1 aliphatic rings. The standard InChI is InChI=1S/C21H18F3N7S/c1-11-28-30-8-13(26-20(30)32-11)6-18-27-16-7-25-15-4-3-12(22)5-14(15)19(16)31(18)17-9-29(2)10-21(17,23)24/h3-5,7-8,17H,6,9-10H2,1-2H3. The average molecular weight is 457 g/mol. The number of benzene rings is 1. The van der Waals surface area contributed by atoms with Gasteiger partial charge in [-0.05, 0) is 32.2 Å². The summed E-state index contributed by atoms with van der Waals surface area (Å²) in [5, 5.41) is 5.72. The van der Waals surface area contributed by atoms with Crippen LogP contribution in [0.1, 0.15) is 22.6 Å². The zero-order valence-corrected chi connectivity index (χ0v) is 18.1. The molecule has 1 saturated heterocycles. The molecule has 5 heterocycles. The van der Waals surface area contributed by atoms with E-state index in [4.69, 9.17) is 0 Å². The summed E-state index contributed by atoms with van der Waals surface area (Å²) in [6.45, 7) is 1.70. The lowest BCUT2D eigenvalue weighted by atomic mass is 10.1. The van der Waals surface area contributed by atoms with E-state index in [1.54, 1.807) is 39.5 Å². The van der Waals surface area contributed by atoms with Crippen molar-refractivity contribution >= 4 is 38.2 Å². The molecule has 0 spiro atoms. The van der Waals surface area contributed by atoms with Gasteiger partial charge in [0.15, 0.2) is 0 Å². The second kappa shape index (κ2) is 6.72. The number of hydrogen-bond donors (Lipinski definition) is 0. The van der Waals surface area contributed by atoms with Gasteiger partial charge in [-0.3, -0.25) is 9.88 Å². The number of aryl methyl sites for hydroxylation is 1. The summed E-state index contributed by atoms with van der Waals surface area (Å²) in [6.07, 6.45) is 3.59. The lowest BCUT2D eigenvalue weighted by Gasteiger charge is -2.22. The number of hydrogen-bond acceptors (Lipinski definition) is 6. The number of pyridine rings is 1. The number of halogens is 3. The molecule has 0 bridgehead atoms. The molecular formula is C21H18F3N7S. The topological polar surface area (TPSA) is 64.1 Å². The Morgan fingerprint density at radius 2 is 2.06 bits per heavy atom. The van der Waals surface area contributed by atoms with E-state index >= 15 is 8.78 Å². The van der Waals surface area contributed by atoms with Crippen LogP contribution >= 0.6 is 11.3 Å². The minimum absolute atomic E-state index is 0.156. The molecule has 164 valence electrons. The van der Waals surface area contributed by atoms with Gasteiger partial charge in [-0.1, -0.05) is 11.3 Å². The second-order valence-electron chi connectivity index (χ2n) is 8.28. The number of rotatable bonds is 3. The van der Waals surface area contributed by atoms with Gasteiger partial charge in [0, 0.05) is 18.4 Å². The van der Waals surface area contributed by atoms with Crippen LogP contribution < -0.4 is 0 Å². The number of imidazole rings is 2. The van der Waals surface area contributed by atoms with Crippen LogP contribution in [0.2, 0.25) is 0 Å². The molecule has 7 nitrogen and oxygen atoms in total. The Labute approximate surface area is 184 Å². The van der Waals surface area contributed by atoms with Gasteiger partial charge in [0.2, 0.25) is 4.96 Å². The predicted molar refractivity (Wildman–Crippen MR) is 115 cm³/mol. The molecule has 5 aromatic rings. The molecule has 1 aromatic carbocycles. The normalized spacial score (nSPS) is 19.1. The number of likely N-dealkylation sites (N-methyl/N-ethyl adjacent to an activating group) is 1. The van der Waals surface area contributed by atoms with E-state index < -0.39 is 17.8 Å². The van der Waals surface area contributed by atoms with Gasteiger partial charge >= 0.3 is 0 Å². The molecule has 1 fully saturated rings. The van der Waals surface area contributed by atoms with Crippen molar-refractivity contribution in [1.29, 1.82) is 0 Å². The third-order valence-electron chi connectivity index (χ3n) is 5.85. The lowest BCUT2D eigenvalue weighted by molar-refractivity contribution is -0.0200. The lowest BCUT2D eigenvalue weighted by Crippen LogP contribution is -2.30. The Hall–Kier alpha value is -3.05. The van der Waals surface area contributed by atoms with Crippen molar-refractivity contribution in [2.24, 2.45) is 0 Å². The van der Waals surface area contributed by atoms with E-state index in [-0.39, 0.29) is 19.5 Å². The molecule has 1 atom stereocenters. The third-order valence-corrected chi connectivity index (χ3v) is 6.69. The number of fused-ring (bicyclic) bond motifs is 4. The highest BCUT2D eigenvalue weighted by atomic mass is 32.1. The maximum absolute atomic E-state index is 15.1. The number of likely N-dealkylation sites (tertiary alicyclic amines) is 1. The van der Waals surface area contributed by atoms with Crippen LogP contribution in [0.25, 0.3) is 26.9 Å². The molecule has 6 rings (SSSR count). The molecule has 1 unspecified atom stereocenters. The fourth-order valence-electron chi connectivity index (χ4n) is 4.58. The van der Waals surface area contributed by atoms with Gasteiger partial charge < -0.3 is 4.57 Å². The summed E-state index contributed by atoms with van der Waals surface area (Å²) in [5.41, 5.74) is 2.14. The van der Waals surface area contributed by atoms with Crippen LogP contribution in [0.5, 0.6) is 0 Å². The highest BCUT2D eigenvalue weighted by Crippen LogP contribution is 2.40. The molecule has 0 aliphatic carbocycles. The van der Waals surface area contributed by atoms with E-state index in [0.29, 0.717) is 33.5 Å². The minimum atomic E-state index is -2.97. The zero-order valence-electron chi connectivity index (χ0n) is 17.3. The van der Waals surface area contributed by atoms with Crippen LogP contribution in [-0.4, -0.2) is 60.1 Å². The Balaban J connectivity index is 1.59. The van der Waals surface area contributed by atoms with Crippen LogP contribution in [-0.2, 0) is 6.42 Å². The van der Waals surface area contributed by atoms with E-state index in [1.807, 2.05) is 6.92 Å². The van der Waals surface area contributed by atoms with Crippen LogP contribution in [0.3, 0.4) is 0 Å². The molecule has 4 aromatic heterocycles. The van der Waals surface area contributed by atoms with Gasteiger partial charge in [0.05, 0.1) is 35.7 Å². The number of aromatic nitrogens is 6. The summed E-state index contributed by atoms with van der Waals surface area (Å²) >= 11 is 1.46. The molecule has 11 heteroatoms. The fourth-order valence-corrected chi connectivity index (χ4v) is 5.32. The maximum atomic E-state index is 15.1. The molecule has 32 heavy (non-hydrogen) atoms. The van der Waals surface area contributed by atoms with Gasteiger partial charge in [-0.2, -0.15) is 5.10 Å². The minimum Gasteiger partial charge on any atom is -0.316 e. The first-order chi connectivity index (χ1) is 15.3. The van der Waals surface area contributed by atoms with Crippen molar-refractivity contribution in [3.63, 3.8) is 0 Å². The predicted octanol–water partition coefficient (Wildman–Crippen LogP) is 3.85. The van der Waals surface area contributed by atoms with Gasteiger partial charge in [0.25, 0.3) is 5.92 Å². The molecule has 0 amide bonds. The maximum Gasteiger partial charge on any atom is 0.282 e. The highest BCUT2D eigenvalue weighted by molar-refractivity contribution is 7.16. The van der Waals surface area contributed by atoms with Crippen molar-refractivity contribution in [3.05, 3.63) is 52.9 Å². The summed E-state index contributed by atoms with van der Waals surface area (Å²) < 4.78 is 47.6. The van der Waals surface area contributed by atoms with Crippen LogP contribution in [0, 0.1) is 12.7 Å². The molecule has 0 radical (unpaired) electrons.